The summed E-state index contributed by atoms with van der Waals surface area (Å²) in [4.78, 5) is 36.1. The van der Waals surface area contributed by atoms with Crippen molar-refractivity contribution in [3.63, 3.8) is 0 Å². The number of thiophene rings is 1. The topological polar surface area (TPSA) is 85.1 Å². The average molecular weight is 383 g/mol. The van der Waals surface area contributed by atoms with Gasteiger partial charge in [0.2, 0.25) is 0 Å². The Morgan fingerprint density at radius 2 is 2.15 bits per heavy atom. The molecule has 0 radical (unpaired) electrons. The Morgan fingerprint density at radius 3 is 2.81 bits per heavy atom. The van der Waals surface area contributed by atoms with Crippen LogP contribution in [0, 0.1) is 5.92 Å². The van der Waals surface area contributed by atoms with Crippen molar-refractivity contribution in [2.75, 3.05) is 0 Å². The number of rotatable bonds is 4. The average Bonchev–Trinajstić information content (AvgIpc) is 3.02. The Kier molecular flexibility index (Phi) is 4.55. The fourth-order valence-corrected chi connectivity index (χ4v) is 5.24. The molecule has 0 saturated carbocycles. The number of nitrogens with zero attached hydrogens (tertiary/aromatic N) is 3. The molecule has 1 aliphatic carbocycles. The third kappa shape index (κ3) is 2.96. The second-order valence-electron chi connectivity index (χ2n) is 7.14. The van der Waals surface area contributed by atoms with Gasteiger partial charge in [-0.05, 0) is 49.3 Å². The fourth-order valence-electron chi connectivity index (χ4n) is 3.86. The predicted octanol–water partition coefficient (Wildman–Crippen LogP) is 3.68. The summed E-state index contributed by atoms with van der Waals surface area (Å²) in [5.41, 5.74) is 1.53. The van der Waals surface area contributed by atoms with Crippen molar-refractivity contribution >= 4 is 27.5 Å². The van der Waals surface area contributed by atoms with E-state index in [-0.39, 0.29) is 5.56 Å². The SMILES string of the molecule is CCC(C(=O)O)n1c(-c2ccncc2)nc2sc3c(c2c1=O)CCC(C)C3. The molecule has 4 rings (SSSR count). The molecule has 0 amide bonds. The maximum atomic E-state index is 13.5. The summed E-state index contributed by atoms with van der Waals surface area (Å²) in [6.07, 6.45) is 6.41. The Balaban J connectivity index is 2.06. The van der Waals surface area contributed by atoms with Gasteiger partial charge in [0.25, 0.3) is 5.56 Å². The van der Waals surface area contributed by atoms with E-state index in [9.17, 15) is 14.7 Å². The van der Waals surface area contributed by atoms with Crippen LogP contribution >= 0.6 is 11.3 Å². The molecule has 27 heavy (non-hydrogen) atoms. The lowest BCUT2D eigenvalue weighted by Gasteiger charge is -2.19. The zero-order valence-electron chi connectivity index (χ0n) is 15.3. The number of pyridine rings is 1. The molecule has 3 aromatic rings. The highest BCUT2D eigenvalue weighted by atomic mass is 32.1. The van der Waals surface area contributed by atoms with Crippen molar-refractivity contribution in [2.24, 2.45) is 5.92 Å². The number of hydrogen-bond acceptors (Lipinski definition) is 5. The van der Waals surface area contributed by atoms with Gasteiger partial charge >= 0.3 is 5.97 Å². The second-order valence-corrected chi connectivity index (χ2v) is 8.22. The second kappa shape index (κ2) is 6.88. The van der Waals surface area contributed by atoms with Gasteiger partial charge in [0, 0.05) is 22.8 Å². The van der Waals surface area contributed by atoms with E-state index in [1.165, 1.54) is 9.44 Å². The molecule has 6 nitrogen and oxygen atoms in total. The van der Waals surface area contributed by atoms with Gasteiger partial charge in [-0.2, -0.15) is 0 Å². The van der Waals surface area contributed by atoms with Crippen LogP contribution in [0.5, 0.6) is 0 Å². The molecular formula is C20H21N3O3S. The molecule has 1 N–H and O–H groups in total. The zero-order valence-corrected chi connectivity index (χ0v) is 16.1. The third-order valence-corrected chi connectivity index (χ3v) is 6.43. The number of carbonyl (C=O) groups is 1. The summed E-state index contributed by atoms with van der Waals surface area (Å²) in [5, 5.41) is 10.3. The van der Waals surface area contributed by atoms with Crippen LogP contribution in [0.3, 0.4) is 0 Å². The van der Waals surface area contributed by atoms with Crippen LogP contribution in [0.1, 0.15) is 43.2 Å². The molecule has 0 spiro atoms. The van der Waals surface area contributed by atoms with E-state index in [4.69, 9.17) is 4.98 Å². The van der Waals surface area contributed by atoms with Gasteiger partial charge in [-0.15, -0.1) is 11.3 Å². The molecule has 0 bridgehead atoms. The first kappa shape index (κ1) is 17.9. The lowest BCUT2D eigenvalue weighted by atomic mass is 9.89. The Bertz CT molecular complexity index is 1070. The molecule has 0 aliphatic heterocycles. The van der Waals surface area contributed by atoms with Gasteiger partial charge in [0.05, 0.1) is 5.39 Å². The van der Waals surface area contributed by atoms with Crippen molar-refractivity contribution in [2.45, 2.75) is 45.6 Å². The van der Waals surface area contributed by atoms with Crippen molar-refractivity contribution < 1.29 is 9.90 Å². The van der Waals surface area contributed by atoms with E-state index < -0.39 is 12.0 Å². The molecule has 2 atom stereocenters. The number of carboxylic acids is 1. The normalized spacial score (nSPS) is 17.6. The van der Waals surface area contributed by atoms with E-state index in [0.29, 0.717) is 33.9 Å². The molecule has 0 fully saturated rings. The molecule has 2 unspecified atom stereocenters. The number of aliphatic carboxylic acids is 1. The highest BCUT2D eigenvalue weighted by molar-refractivity contribution is 7.18. The van der Waals surface area contributed by atoms with Crippen molar-refractivity contribution in [1.82, 2.24) is 14.5 Å². The minimum atomic E-state index is -1.02. The first-order valence-corrected chi connectivity index (χ1v) is 10.0. The van der Waals surface area contributed by atoms with Crippen LogP contribution < -0.4 is 5.56 Å². The van der Waals surface area contributed by atoms with E-state index in [1.54, 1.807) is 42.8 Å². The summed E-state index contributed by atoms with van der Waals surface area (Å²) in [7, 11) is 0. The molecule has 7 heteroatoms. The predicted molar refractivity (Wildman–Crippen MR) is 105 cm³/mol. The van der Waals surface area contributed by atoms with Crippen LogP contribution in [0.2, 0.25) is 0 Å². The molecule has 0 saturated heterocycles. The standard InChI is InChI=1S/C20H21N3O3S/c1-3-14(20(25)26)23-17(12-6-8-21-9-7-12)22-18-16(19(23)24)13-5-4-11(2)10-15(13)27-18/h6-9,11,14H,3-5,10H2,1-2H3,(H,25,26). The summed E-state index contributed by atoms with van der Waals surface area (Å²) in [6, 6.07) is 2.57. The van der Waals surface area contributed by atoms with Gasteiger partial charge in [0.15, 0.2) is 0 Å². The molecule has 1 aliphatic rings. The fraction of sp³-hybridized carbons (Fsp3) is 0.400. The maximum absolute atomic E-state index is 13.5. The quantitative estimate of drug-likeness (QED) is 0.743. The van der Waals surface area contributed by atoms with Crippen LogP contribution in [0.15, 0.2) is 29.3 Å². The third-order valence-electron chi connectivity index (χ3n) is 5.28. The number of fused-ring (bicyclic) bond motifs is 3. The highest BCUT2D eigenvalue weighted by Gasteiger charge is 2.29. The van der Waals surface area contributed by atoms with Gasteiger partial charge in [-0.1, -0.05) is 13.8 Å². The van der Waals surface area contributed by atoms with Gasteiger partial charge in [-0.3, -0.25) is 14.3 Å². The molecule has 0 aromatic carbocycles. The maximum Gasteiger partial charge on any atom is 0.326 e. The van der Waals surface area contributed by atoms with Crippen LogP contribution in [-0.2, 0) is 17.6 Å². The molecule has 140 valence electrons. The monoisotopic (exact) mass is 383 g/mol. The van der Waals surface area contributed by atoms with Gasteiger partial charge in [0.1, 0.15) is 16.7 Å². The molecule has 3 heterocycles. The van der Waals surface area contributed by atoms with Crippen molar-refractivity contribution in [3.05, 3.63) is 45.3 Å². The van der Waals surface area contributed by atoms with Crippen LogP contribution in [0.25, 0.3) is 21.6 Å². The number of aryl methyl sites for hydroxylation is 1. The smallest absolute Gasteiger partial charge is 0.326 e. The summed E-state index contributed by atoms with van der Waals surface area (Å²) in [5.74, 6) is -0.0283. The first-order valence-electron chi connectivity index (χ1n) is 9.21. The van der Waals surface area contributed by atoms with Crippen LogP contribution in [0.4, 0.5) is 0 Å². The van der Waals surface area contributed by atoms with E-state index in [1.807, 2.05) is 0 Å². The zero-order chi connectivity index (χ0) is 19.1. The number of aromatic nitrogens is 3. The number of hydrogen-bond donors (Lipinski definition) is 1. The highest BCUT2D eigenvalue weighted by Crippen LogP contribution is 2.37. The van der Waals surface area contributed by atoms with E-state index in [0.717, 1.165) is 24.8 Å². The van der Waals surface area contributed by atoms with Crippen molar-refractivity contribution in [1.29, 1.82) is 0 Å². The molecule has 3 aromatic heterocycles. The van der Waals surface area contributed by atoms with Gasteiger partial charge in [-0.25, -0.2) is 9.78 Å². The number of carboxylic acid groups (broad SMARTS) is 1. The summed E-state index contributed by atoms with van der Waals surface area (Å²) in [6.45, 7) is 4.00. The lowest BCUT2D eigenvalue weighted by molar-refractivity contribution is -0.141. The minimum Gasteiger partial charge on any atom is -0.480 e. The Morgan fingerprint density at radius 1 is 1.41 bits per heavy atom. The molecular weight excluding hydrogens is 362 g/mol. The first-order chi connectivity index (χ1) is 13.0. The Hall–Kier alpha value is -2.54. The van der Waals surface area contributed by atoms with E-state index in [2.05, 4.69) is 11.9 Å². The minimum absolute atomic E-state index is 0.242. The summed E-state index contributed by atoms with van der Waals surface area (Å²) >= 11 is 1.58. The van der Waals surface area contributed by atoms with Crippen LogP contribution in [-0.4, -0.2) is 25.6 Å². The summed E-state index contributed by atoms with van der Waals surface area (Å²) < 4.78 is 1.37. The largest absolute Gasteiger partial charge is 0.480 e. The van der Waals surface area contributed by atoms with Gasteiger partial charge < -0.3 is 5.11 Å². The van der Waals surface area contributed by atoms with Crippen molar-refractivity contribution in [3.8, 4) is 11.4 Å². The van der Waals surface area contributed by atoms with E-state index >= 15 is 0 Å². The Labute approximate surface area is 160 Å². The lowest BCUT2D eigenvalue weighted by Crippen LogP contribution is -2.32.